The lowest BCUT2D eigenvalue weighted by molar-refractivity contribution is 0.758. The first kappa shape index (κ1) is 12.1. The number of rotatable bonds is 2. The van der Waals surface area contributed by atoms with Crippen molar-refractivity contribution in [1.82, 2.24) is 9.97 Å². The molecule has 2 nitrogen and oxygen atoms in total. The normalized spacial score (nSPS) is 9.38. The number of aryl methyl sites for hydroxylation is 1. The average Bonchev–Trinajstić information content (AvgIpc) is 2.21. The first-order chi connectivity index (χ1) is 6.24. The van der Waals surface area contributed by atoms with Gasteiger partial charge in [-0.1, -0.05) is 34.6 Å². The summed E-state index contributed by atoms with van der Waals surface area (Å²) in [6.07, 6.45) is 2.82. The molecule has 0 amide bonds. The molecule has 0 radical (unpaired) electrons. The first-order valence-electron chi connectivity index (χ1n) is 5.06. The lowest BCUT2D eigenvalue weighted by atomic mass is 10.2. The van der Waals surface area contributed by atoms with Crippen LogP contribution in [0.15, 0.2) is 12.3 Å². The number of aromatic nitrogens is 2. The molecule has 74 valence electrons. The highest BCUT2D eigenvalue weighted by Crippen LogP contribution is 2.07. The van der Waals surface area contributed by atoms with Gasteiger partial charge in [0.05, 0.1) is 0 Å². The van der Waals surface area contributed by atoms with Gasteiger partial charge in [-0.25, -0.2) is 9.97 Å². The molecule has 13 heavy (non-hydrogen) atoms. The van der Waals surface area contributed by atoms with Gasteiger partial charge in [0.25, 0.3) is 0 Å². The molecular formula is C11H20N2. The van der Waals surface area contributed by atoms with Crippen LogP contribution in [-0.4, -0.2) is 9.97 Å². The molecule has 1 heterocycles. The minimum Gasteiger partial charge on any atom is -0.241 e. The lowest BCUT2D eigenvalue weighted by Crippen LogP contribution is -1.99. The van der Waals surface area contributed by atoms with Crippen LogP contribution in [-0.2, 0) is 6.42 Å². The third-order valence-corrected chi connectivity index (χ3v) is 1.61. The summed E-state index contributed by atoms with van der Waals surface area (Å²) in [6.45, 7) is 10.3. The van der Waals surface area contributed by atoms with Crippen LogP contribution in [0.4, 0.5) is 0 Å². The fourth-order valence-electron chi connectivity index (χ4n) is 0.888. The molecule has 0 aliphatic heterocycles. The van der Waals surface area contributed by atoms with E-state index in [0.717, 1.165) is 17.9 Å². The standard InChI is InChI=1S/C9H14N2.C2H6/c1-4-8-5-6-10-9(11-8)7(2)3;1-2/h5-7H,4H2,1-3H3;1-2H3. The van der Waals surface area contributed by atoms with Gasteiger partial charge in [-0.15, -0.1) is 0 Å². The Hall–Kier alpha value is -0.920. The van der Waals surface area contributed by atoms with Crippen molar-refractivity contribution in [2.24, 2.45) is 0 Å². The third kappa shape index (κ3) is 4.02. The maximum absolute atomic E-state index is 4.38. The molecule has 1 aromatic rings. The molecule has 2 heteroatoms. The van der Waals surface area contributed by atoms with E-state index >= 15 is 0 Å². The zero-order valence-corrected chi connectivity index (χ0v) is 9.33. The number of hydrogen-bond donors (Lipinski definition) is 0. The van der Waals surface area contributed by atoms with Gasteiger partial charge in [-0.05, 0) is 12.5 Å². The minimum atomic E-state index is 0.432. The second-order valence-electron chi connectivity index (χ2n) is 2.91. The van der Waals surface area contributed by atoms with E-state index in [-0.39, 0.29) is 0 Å². The molecule has 0 fully saturated rings. The minimum absolute atomic E-state index is 0.432. The summed E-state index contributed by atoms with van der Waals surface area (Å²) in [6, 6.07) is 1.96. The summed E-state index contributed by atoms with van der Waals surface area (Å²) in [5.74, 6) is 1.38. The lowest BCUT2D eigenvalue weighted by Gasteiger charge is -2.03. The van der Waals surface area contributed by atoms with Gasteiger partial charge in [0, 0.05) is 17.8 Å². The van der Waals surface area contributed by atoms with Gasteiger partial charge in [-0.2, -0.15) is 0 Å². The largest absolute Gasteiger partial charge is 0.241 e. The van der Waals surface area contributed by atoms with E-state index in [1.807, 2.05) is 26.1 Å². The molecule has 0 unspecified atom stereocenters. The molecule has 0 aliphatic carbocycles. The fraction of sp³-hybridized carbons (Fsp3) is 0.636. The Labute approximate surface area is 81.4 Å². The van der Waals surface area contributed by atoms with Crippen molar-refractivity contribution in [3.8, 4) is 0 Å². The Morgan fingerprint density at radius 2 is 1.92 bits per heavy atom. The van der Waals surface area contributed by atoms with Gasteiger partial charge in [0.2, 0.25) is 0 Å². The van der Waals surface area contributed by atoms with Crippen molar-refractivity contribution < 1.29 is 0 Å². The van der Waals surface area contributed by atoms with Crippen molar-refractivity contribution in [1.29, 1.82) is 0 Å². The molecule has 1 rings (SSSR count). The van der Waals surface area contributed by atoms with Crippen LogP contribution in [0.1, 0.15) is 52.1 Å². The molecular weight excluding hydrogens is 160 g/mol. The summed E-state index contributed by atoms with van der Waals surface area (Å²) in [4.78, 5) is 8.56. The quantitative estimate of drug-likeness (QED) is 0.698. The molecule has 1 aromatic heterocycles. The van der Waals surface area contributed by atoms with E-state index in [9.17, 15) is 0 Å². The molecule has 0 aromatic carbocycles. The van der Waals surface area contributed by atoms with Gasteiger partial charge in [0.15, 0.2) is 0 Å². The molecule has 0 atom stereocenters. The molecule has 0 bridgehead atoms. The van der Waals surface area contributed by atoms with Crippen molar-refractivity contribution >= 4 is 0 Å². The van der Waals surface area contributed by atoms with Gasteiger partial charge in [0.1, 0.15) is 5.82 Å². The van der Waals surface area contributed by atoms with Crippen molar-refractivity contribution in [3.05, 3.63) is 23.8 Å². The van der Waals surface area contributed by atoms with Gasteiger partial charge >= 0.3 is 0 Å². The summed E-state index contributed by atoms with van der Waals surface area (Å²) in [5, 5.41) is 0. The summed E-state index contributed by atoms with van der Waals surface area (Å²) < 4.78 is 0. The van der Waals surface area contributed by atoms with E-state index < -0.39 is 0 Å². The molecule has 0 spiro atoms. The van der Waals surface area contributed by atoms with Crippen LogP contribution in [0.5, 0.6) is 0 Å². The summed E-state index contributed by atoms with van der Waals surface area (Å²) in [5.41, 5.74) is 1.13. The Kier molecular flexibility index (Phi) is 6.11. The van der Waals surface area contributed by atoms with Crippen LogP contribution in [0.3, 0.4) is 0 Å². The predicted octanol–water partition coefficient (Wildman–Crippen LogP) is 3.19. The monoisotopic (exact) mass is 180 g/mol. The zero-order chi connectivity index (χ0) is 10.3. The molecule has 0 saturated heterocycles. The van der Waals surface area contributed by atoms with E-state index in [4.69, 9.17) is 0 Å². The Morgan fingerprint density at radius 1 is 1.31 bits per heavy atom. The summed E-state index contributed by atoms with van der Waals surface area (Å²) in [7, 11) is 0. The highest BCUT2D eigenvalue weighted by atomic mass is 14.9. The molecule has 0 saturated carbocycles. The van der Waals surface area contributed by atoms with E-state index in [2.05, 4.69) is 30.7 Å². The second kappa shape index (κ2) is 6.58. The molecule has 0 aliphatic rings. The van der Waals surface area contributed by atoms with E-state index in [1.54, 1.807) is 0 Å². The Morgan fingerprint density at radius 3 is 2.38 bits per heavy atom. The van der Waals surface area contributed by atoms with Crippen molar-refractivity contribution in [2.45, 2.75) is 47.0 Å². The summed E-state index contributed by atoms with van der Waals surface area (Å²) >= 11 is 0. The van der Waals surface area contributed by atoms with E-state index in [1.165, 1.54) is 0 Å². The molecule has 0 N–H and O–H groups in total. The van der Waals surface area contributed by atoms with E-state index in [0.29, 0.717) is 5.92 Å². The predicted molar refractivity (Wildman–Crippen MR) is 56.8 cm³/mol. The fourth-order valence-corrected chi connectivity index (χ4v) is 0.888. The maximum Gasteiger partial charge on any atom is 0.131 e. The highest BCUT2D eigenvalue weighted by Gasteiger charge is 2.01. The Bertz CT molecular complexity index is 231. The number of nitrogens with zero attached hydrogens (tertiary/aromatic N) is 2. The van der Waals surface area contributed by atoms with Crippen molar-refractivity contribution in [2.75, 3.05) is 0 Å². The highest BCUT2D eigenvalue weighted by molar-refractivity contribution is 5.03. The van der Waals surface area contributed by atoms with Crippen LogP contribution in [0.2, 0.25) is 0 Å². The van der Waals surface area contributed by atoms with Gasteiger partial charge < -0.3 is 0 Å². The zero-order valence-electron chi connectivity index (χ0n) is 9.33. The Balaban J connectivity index is 0.000000671. The second-order valence-corrected chi connectivity index (χ2v) is 2.91. The van der Waals surface area contributed by atoms with Crippen molar-refractivity contribution in [3.63, 3.8) is 0 Å². The topological polar surface area (TPSA) is 25.8 Å². The van der Waals surface area contributed by atoms with Crippen LogP contribution in [0.25, 0.3) is 0 Å². The number of hydrogen-bond acceptors (Lipinski definition) is 2. The van der Waals surface area contributed by atoms with Gasteiger partial charge in [-0.3, -0.25) is 0 Å². The van der Waals surface area contributed by atoms with Crippen LogP contribution >= 0.6 is 0 Å². The maximum atomic E-state index is 4.38. The SMILES string of the molecule is CC.CCc1ccnc(C(C)C)n1. The van der Waals surface area contributed by atoms with Crippen LogP contribution in [0, 0.1) is 0 Å². The third-order valence-electron chi connectivity index (χ3n) is 1.61. The smallest absolute Gasteiger partial charge is 0.131 e. The van der Waals surface area contributed by atoms with Crippen LogP contribution < -0.4 is 0 Å². The average molecular weight is 180 g/mol. The first-order valence-corrected chi connectivity index (χ1v) is 5.06.